The average Bonchev–Trinajstić information content (AvgIpc) is 2.89. The molecule has 7 heteroatoms. The number of nitrogens with one attached hydrogen (secondary N) is 1. The first-order valence-corrected chi connectivity index (χ1v) is 7.48. The summed E-state index contributed by atoms with van der Waals surface area (Å²) in [4.78, 5) is 24.0. The summed E-state index contributed by atoms with van der Waals surface area (Å²) < 4.78 is 10.0. The quantitative estimate of drug-likeness (QED) is 0.847. The molecule has 0 bridgehead atoms. The number of halogens is 1. The summed E-state index contributed by atoms with van der Waals surface area (Å²) in [6.07, 6.45) is 0.537. The molecule has 1 aromatic heterocycles. The van der Waals surface area contributed by atoms with Gasteiger partial charge in [0.1, 0.15) is 11.3 Å². The van der Waals surface area contributed by atoms with Crippen molar-refractivity contribution in [3.8, 4) is 0 Å². The Morgan fingerprint density at radius 2 is 2.09 bits per heavy atom. The molecule has 0 saturated carbocycles. The lowest BCUT2D eigenvalue weighted by molar-refractivity contribution is -0.119. The number of hydrogen-bond acceptors (Lipinski definition) is 5. The van der Waals surface area contributed by atoms with Crippen molar-refractivity contribution in [3.63, 3.8) is 0 Å². The first-order valence-electron chi connectivity index (χ1n) is 7.10. The van der Waals surface area contributed by atoms with Gasteiger partial charge in [-0.1, -0.05) is 29.7 Å². The highest BCUT2D eigenvalue weighted by Gasteiger charge is 2.21. The summed E-state index contributed by atoms with van der Waals surface area (Å²) in [5.74, 6) is -0.701. The van der Waals surface area contributed by atoms with E-state index in [1.807, 2.05) is 13.8 Å². The van der Waals surface area contributed by atoms with E-state index in [4.69, 9.17) is 20.9 Å². The summed E-state index contributed by atoms with van der Waals surface area (Å²) in [5.41, 5.74) is 2.23. The van der Waals surface area contributed by atoms with Gasteiger partial charge in [0, 0.05) is 10.7 Å². The molecule has 2 rings (SSSR count). The number of carbonyl (C=O) groups excluding carboxylic acids is 2. The van der Waals surface area contributed by atoms with Gasteiger partial charge in [-0.05, 0) is 38.0 Å². The number of rotatable bonds is 5. The van der Waals surface area contributed by atoms with Crippen molar-refractivity contribution in [3.05, 3.63) is 45.8 Å². The summed E-state index contributed by atoms with van der Waals surface area (Å²) in [6.45, 7) is 4.91. The Hall–Kier alpha value is -2.34. The van der Waals surface area contributed by atoms with E-state index in [0.717, 1.165) is 5.56 Å². The fraction of sp³-hybridized carbons (Fsp3) is 0.312. The number of aryl methyl sites for hydroxylation is 3. The second-order valence-corrected chi connectivity index (χ2v) is 5.43. The highest BCUT2D eigenvalue weighted by Crippen LogP contribution is 2.20. The number of amides is 1. The number of nitrogens with zero attached hydrogens (tertiary/aromatic N) is 1. The molecule has 1 aromatic carbocycles. The molecule has 1 N–H and O–H groups in total. The smallest absolute Gasteiger partial charge is 0.344 e. The second-order valence-electron chi connectivity index (χ2n) is 5.00. The largest absolute Gasteiger partial charge is 0.452 e. The predicted molar refractivity (Wildman–Crippen MR) is 85.7 cm³/mol. The Labute approximate surface area is 138 Å². The SMILES string of the molecule is CCc1noc(C)c1C(=O)OCC(=O)Nc1cc(Cl)ccc1C. The van der Waals surface area contributed by atoms with Crippen LogP contribution < -0.4 is 5.32 Å². The van der Waals surface area contributed by atoms with Gasteiger partial charge in [0.15, 0.2) is 6.61 Å². The molecule has 122 valence electrons. The molecule has 2 aromatic rings. The summed E-state index contributed by atoms with van der Waals surface area (Å²) in [7, 11) is 0. The summed E-state index contributed by atoms with van der Waals surface area (Å²) >= 11 is 5.89. The molecule has 0 aliphatic heterocycles. The van der Waals surface area contributed by atoms with E-state index in [1.54, 1.807) is 25.1 Å². The highest BCUT2D eigenvalue weighted by atomic mass is 35.5. The topological polar surface area (TPSA) is 81.4 Å². The van der Waals surface area contributed by atoms with Gasteiger partial charge in [-0.2, -0.15) is 0 Å². The zero-order valence-electron chi connectivity index (χ0n) is 13.1. The molecular formula is C16H17ClN2O4. The van der Waals surface area contributed by atoms with E-state index < -0.39 is 18.5 Å². The van der Waals surface area contributed by atoms with Crippen LogP contribution in [0.3, 0.4) is 0 Å². The van der Waals surface area contributed by atoms with E-state index in [1.165, 1.54) is 0 Å². The zero-order chi connectivity index (χ0) is 17.0. The van der Waals surface area contributed by atoms with Crippen LogP contribution in [0.25, 0.3) is 0 Å². The van der Waals surface area contributed by atoms with E-state index in [9.17, 15) is 9.59 Å². The minimum Gasteiger partial charge on any atom is -0.452 e. The van der Waals surface area contributed by atoms with E-state index in [-0.39, 0.29) is 5.56 Å². The van der Waals surface area contributed by atoms with Crippen LogP contribution in [0.15, 0.2) is 22.7 Å². The Morgan fingerprint density at radius 3 is 2.78 bits per heavy atom. The maximum absolute atomic E-state index is 12.1. The van der Waals surface area contributed by atoms with Crippen molar-refractivity contribution in [2.24, 2.45) is 0 Å². The molecule has 0 spiro atoms. The number of ether oxygens (including phenoxy) is 1. The molecule has 0 unspecified atom stereocenters. The van der Waals surface area contributed by atoms with Crippen LogP contribution in [0.2, 0.25) is 5.02 Å². The highest BCUT2D eigenvalue weighted by molar-refractivity contribution is 6.31. The van der Waals surface area contributed by atoms with Crippen molar-refractivity contribution < 1.29 is 18.8 Å². The second kappa shape index (κ2) is 7.28. The lowest BCUT2D eigenvalue weighted by Crippen LogP contribution is -2.22. The average molecular weight is 337 g/mol. The Kier molecular flexibility index (Phi) is 5.39. The van der Waals surface area contributed by atoms with Crippen LogP contribution >= 0.6 is 11.6 Å². The molecule has 6 nitrogen and oxygen atoms in total. The first kappa shape index (κ1) is 17.0. The maximum atomic E-state index is 12.1. The van der Waals surface area contributed by atoms with E-state index >= 15 is 0 Å². The summed E-state index contributed by atoms with van der Waals surface area (Å²) in [6, 6.07) is 5.15. The van der Waals surface area contributed by atoms with Crippen molar-refractivity contribution in [1.29, 1.82) is 0 Å². The molecule has 1 heterocycles. The third-order valence-corrected chi connectivity index (χ3v) is 3.52. The Morgan fingerprint density at radius 1 is 1.35 bits per heavy atom. The van der Waals surface area contributed by atoms with Crippen LogP contribution in [0, 0.1) is 13.8 Å². The molecule has 0 saturated heterocycles. The third kappa shape index (κ3) is 4.10. The van der Waals surface area contributed by atoms with Gasteiger partial charge >= 0.3 is 5.97 Å². The third-order valence-electron chi connectivity index (χ3n) is 3.28. The zero-order valence-corrected chi connectivity index (χ0v) is 13.9. The molecule has 0 aliphatic carbocycles. The van der Waals surface area contributed by atoms with Crippen molar-refractivity contribution in [2.75, 3.05) is 11.9 Å². The normalized spacial score (nSPS) is 10.4. The monoisotopic (exact) mass is 336 g/mol. The fourth-order valence-corrected chi connectivity index (χ4v) is 2.21. The molecular weight excluding hydrogens is 320 g/mol. The van der Waals surface area contributed by atoms with Crippen molar-refractivity contribution in [2.45, 2.75) is 27.2 Å². The van der Waals surface area contributed by atoms with Gasteiger partial charge < -0.3 is 14.6 Å². The fourth-order valence-electron chi connectivity index (χ4n) is 2.04. The summed E-state index contributed by atoms with van der Waals surface area (Å²) in [5, 5.41) is 6.95. The van der Waals surface area contributed by atoms with Crippen LogP contribution in [0.5, 0.6) is 0 Å². The van der Waals surface area contributed by atoms with Crippen LogP contribution in [-0.4, -0.2) is 23.6 Å². The molecule has 1 amide bonds. The molecule has 23 heavy (non-hydrogen) atoms. The standard InChI is InChI=1S/C16H17ClN2O4/c1-4-12-15(10(3)23-19-12)16(21)22-8-14(20)18-13-7-11(17)6-5-9(13)2/h5-7H,4,8H2,1-3H3,(H,18,20). The molecule has 0 fully saturated rings. The van der Waals surface area contributed by atoms with Gasteiger partial charge in [-0.25, -0.2) is 4.79 Å². The van der Waals surface area contributed by atoms with Gasteiger partial charge in [0.25, 0.3) is 5.91 Å². The number of carbonyl (C=O) groups is 2. The Bertz CT molecular complexity index is 740. The minimum atomic E-state index is -0.626. The predicted octanol–water partition coefficient (Wildman–Crippen LogP) is 3.30. The maximum Gasteiger partial charge on any atom is 0.344 e. The lowest BCUT2D eigenvalue weighted by atomic mass is 10.1. The van der Waals surface area contributed by atoms with Crippen molar-refractivity contribution in [1.82, 2.24) is 5.16 Å². The molecule has 0 atom stereocenters. The Balaban J connectivity index is 1.97. The number of esters is 1. The number of anilines is 1. The number of benzene rings is 1. The van der Waals surface area contributed by atoms with Crippen LogP contribution in [0.1, 0.15) is 34.3 Å². The molecule has 0 radical (unpaired) electrons. The first-order chi connectivity index (χ1) is 10.9. The number of hydrogen-bond donors (Lipinski definition) is 1. The minimum absolute atomic E-state index is 0.277. The van der Waals surface area contributed by atoms with Crippen LogP contribution in [0.4, 0.5) is 5.69 Å². The van der Waals surface area contributed by atoms with Gasteiger partial charge in [-0.15, -0.1) is 0 Å². The van der Waals surface area contributed by atoms with E-state index in [0.29, 0.717) is 28.6 Å². The van der Waals surface area contributed by atoms with Gasteiger partial charge in [0.2, 0.25) is 0 Å². The van der Waals surface area contributed by atoms with E-state index in [2.05, 4.69) is 10.5 Å². The van der Waals surface area contributed by atoms with Gasteiger partial charge in [0.05, 0.1) is 5.69 Å². The van der Waals surface area contributed by atoms with Gasteiger partial charge in [-0.3, -0.25) is 4.79 Å². The number of aromatic nitrogens is 1. The molecule has 0 aliphatic rings. The van der Waals surface area contributed by atoms with Crippen LogP contribution in [-0.2, 0) is 16.0 Å². The van der Waals surface area contributed by atoms with Crippen molar-refractivity contribution >= 4 is 29.2 Å². The lowest BCUT2D eigenvalue weighted by Gasteiger charge is -2.09.